The predicted molar refractivity (Wildman–Crippen MR) is 105 cm³/mol. The zero-order chi connectivity index (χ0) is 19.9. The summed E-state index contributed by atoms with van der Waals surface area (Å²) in [4.78, 5) is 13.1. The lowest BCUT2D eigenvalue weighted by molar-refractivity contribution is -0.120. The second kappa shape index (κ2) is 9.38. The molecule has 0 aromatic heterocycles. The molecule has 0 bridgehead atoms. The second-order valence-electron chi connectivity index (χ2n) is 6.20. The number of anilines is 1. The first-order valence-corrected chi connectivity index (χ1v) is 8.82. The number of hydrogen-bond donors (Lipinski definition) is 5. The van der Waals surface area contributed by atoms with Crippen LogP contribution in [-0.4, -0.2) is 33.4 Å². The number of benzene rings is 2. The highest BCUT2D eigenvalue weighted by molar-refractivity contribution is 5.93. The van der Waals surface area contributed by atoms with Crippen LogP contribution in [0, 0.1) is 5.92 Å². The third-order valence-corrected chi connectivity index (χ3v) is 4.54. The lowest BCUT2D eigenvalue weighted by atomic mass is 9.94. The van der Waals surface area contributed by atoms with Gasteiger partial charge in [-0.05, 0) is 42.3 Å². The average Bonchev–Trinajstić information content (AvgIpc) is 3.26. The summed E-state index contributed by atoms with van der Waals surface area (Å²) in [5.74, 6) is 1.36. The van der Waals surface area contributed by atoms with Crippen molar-refractivity contribution in [1.29, 1.82) is 0 Å². The quantitative estimate of drug-likeness (QED) is 0.456. The van der Waals surface area contributed by atoms with E-state index in [-0.39, 0.29) is 12.1 Å². The minimum absolute atomic E-state index is 0.148. The van der Waals surface area contributed by atoms with Crippen molar-refractivity contribution >= 4 is 11.6 Å². The molecule has 1 aliphatic rings. The van der Waals surface area contributed by atoms with E-state index in [0.29, 0.717) is 23.6 Å². The smallest absolute Gasteiger partial charge is 0.230 e. The van der Waals surface area contributed by atoms with Crippen molar-refractivity contribution in [3.63, 3.8) is 0 Å². The molecule has 3 rings (SSSR count). The highest BCUT2D eigenvalue weighted by Gasteiger charge is 2.32. The number of hydrogen-bond acceptors (Lipinski definition) is 8. The normalized spacial score (nSPS) is 15.1. The molecule has 0 radical (unpaired) electrons. The highest BCUT2D eigenvalue weighted by atomic mass is 16.5. The van der Waals surface area contributed by atoms with E-state index in [1.54, 1.807) is 45.6 Å². The Labute approximate surface area is 163 Å². The Morgan fingerprint density at radius 3 is 2.32 bits per heavy atom. The summed E-state index contributed by atoms with van der Waals surface area (Å²) < 4.78 is 16.0. The molecular weight excluding hydrogens is 362 g/mol. The molecule has 1 atom stereocenters. The van der Waals surface area contributed by atoms with Crippen molar-refractivity contribution in [1.82, 2.24) is 21.9 Å². The van der Waals surface area contributed by atoms with Gasteiger partial charge < -0.3 is 19.5 Å². The number of nitrogens with one attached hydrogen (secondary N) is 5. The van der Waals surface area contributed by atoms with Gasteiger partial charge in [0, 0.05) is 5.69 Å². The summed E-state index contributed by atoms with van der Waals surface area (Å²) in [6.45, 7) is 0. The van der Waals surface area contributed by atoms with Crippen LogP contribution in [0.15, 0.2) is 42.5 Å². The molecule has 28 heavy (non-hydrogen) atoms. The van der Waals surface area contributed by atoms with Crippen molar-refractivity contribution in [2.75, 3.05) is 26.6 Å². The molecule has 0 spiro atoms. The van der Waals surface area contributed by atoms with Crippen molar-refractivity contribution in [2.45, 2.75) is 12.6 Å². The first-order chi connectivity index (χ1) is 13.7. The number of carbonyl (C=O) groups excluding carboxylic acids is 1. The van der Waals surface area contributed by atoms with Crippen LogP contribution in [-0.2, 0) is 11.2 Å². The van der Waals surface area contributed by atoms with Gasteiger partial charge in [-0.3, -0.25) is 4.79 Å². The maximum atomic E-state index is 13.1. The van der Waals surface area contributed by atoms with Gasteiger partial charge in [-0.1, -0.05) is 12.1 Å². The Morgan fingerprint density at radius 2 is 1.71 bits per heavy atom. The number of ether oxygens (including phenoxy) is 3. The molecule has 1 saturated heterocycles. The molecular formula is C19H25N5O4. The van der Waals surface area contributed by atoms with Crippen molar-refractivity contribution in [3.8, 4) is 17.2 Å². The number of carbonyl (C=O) groups is 1. The van der Waals surface area contributed by atoms with Crippen LogP contribution < -0.4 is 41.4 Å². The second-order valence-corrected chi connectivity index (χ2v) is 6.20. The van der Waals surface area contributed by atoms with Crippen molar-refractivity contribution < 1.29 is 19.0 Å². The number of amides is 1. The van der Waals surface area contributed by atoms with E-state index in [4.69, 9.17) is 14.2 Å². The third-order valence-electron chi connectivity index (χ3n) is 4.54. The molecule has 1 unspecified atom stereocenters. The van der Waals surface area contributed by atoms with Gasteiger partial charge in [-0.15, -0.1) is 0 Å². The van der Waals surface area contributed by atoms with Gasteiger partial charge in [-0.2, -0.15) is 11.1 Å². The number of methoxy groups -OCH3 is 3. The van der Waals surface area contributed by atoms with Gasteiger partial charge in [-0.25, -0.2) is 10.9 Å². The van der Waals surface area contributed by atoms with Crippen LogP contribution in [0.3, 0.4) is 0 Å². The summed E-state index contributed by atoms with van der Waals surface area (Å²) >= 11 is 0. The minimum Gasteiger partial charge on any atom is -0.497 e. The molecule has 1 fully saturated rings. The van der Waals surface area contributed by atoms with Crippen LogP contribution >= 0.6 is 0 Å². The van der Waals surface area contributed by atoms with E-state index in [1.165, 1.54) is 0 Å². The largest absolute Gasteiger partial charge is 0.497 e. The maximum absolute atomic E-state index is 13.1. The minimum atomic E-state index is -0.453. The van der Waals surface area contributed by atoms with Gasteiger partial charge in [0.15, 0.2) is 11.5 Å². The van der Waals surface area contributed by atoms with Crippen LogP contribution in [0.25, 0.3) is 0 Å². The fourth-order valence-electron chi connectivity index (χ4n) is 3.09. The summed E-state index contributed by atoms with van der Waals surface area (Å²) in [6, 6.07) is 12.8. The number of hydrazine groups is 3. The van der Waals surface area contributed by atoms with E-state index in [1.807, 2.05) is 18.2 Å². The monoisotopic (exact) mass is 387 g/mol. The highest BCUT2D eigenvalue weighted by Crippen LogP contribution is 2.33. The molecule has 1 heterocycles. The topological polar surface area (TPSA) is 105 Å². The number of rotatable bonds is 8. The fourth-order valence-corrected chi connectivity index (χ4v) is 3.09. The summed E-state index contributed by atoms with van der Waals surface area (Å²) in [5.41, 5.74) is 13.1. The molecule has 9 heteroatoms. The van der Waals surface area contributed by atoms with E-state index < -0.39 is 5.92 Å². The fraction of sp³-hybridized carbons (Fsp3) is 0.316. The van der Waals surface area contributed by atoms with Gasteiger partial charge in [0.1, 0.15) is 5.75 Å². The first-order valence-electron chi connectivity index (χ1n) is 8.82. The predicted octanol–water partition coefficient (Wildman–Crippen LogP) is 0.953. The standard InChI is InChI=1S/C19H25N5O4/c1-26-14-9-7-13(8-10-14)20-19(25)15(18-21-23-24-22-18)11-12-5-4-6-16(27-2)17(12)28-3/h4-10,15,18,21-24H,11H2,1-3H3,(H,20,25). The first kappa shape index (κ1) is 19.9. The van der Waals surface area contributed by atoms with E-state index >= 15 is 0 Å². The van der Waals surface area contributed by atoms with Crippen molar-refractivity contribution in [3.05, 3.63) is 48.0 Å². The van der Waals surface area contributed by atoms with Crippen LogP contribution in [0.2, 0.25) is 0 Å². The van der Waals surface area contributed by atoms with Gasteiger partial charge in [0.2, 0.25) is 5.91 Å². The molecule has 2 aromatic rings. The zero-order valence-electron chi connectivity index (χ0n) is 16.0. The average molecular weight is 387 g/mol. The lowest BCUT2D eigenvalue weighted by Crippen LogP contribution is -2.47. The van der Waals surface area contributed by atoms with Crippen LogP contribution in [0.4, 0.5) is 5.69 Å². The van der Waals surface area contributed by atoms with Gasteiger partial charge >= 0.3 is 0 Å². The molecule has 9 nitrogen and oxygen atoms in total. The molecule has 2 aromatic carbocycles. The van der Waals surface area contributed by atoms with Crippen molar-refractivity contribution in [2.24, 2.45) is 5.92 Å². The van der Waals surface area contributed by atoms with Gasteiger partial charge in [0.25, 0.3) is 0 Å². The molecule has 1 aliphatic heterocycles. The summed E-state index contributed by atoms with van der Waals surface area (Å²) in [6.07, 6.45) is 0.0882. The Kier molecular flexibility index (Phi) is 6.66. The van der Waals surface area contributed by atoms with Crippen LogP contribution in [0.1, 0.15) is 5.56 Å². The Balaban J connectivity index is 1.82. The number of para-hydroxylation sites is 1. The molecule has 0 aliphatic carbocycles. The Morgan fingerprint density at radius 1 is 1.00 bits per heavy atom. The van der Waals surface area contributed by atoms with Gasteiger partial charge in [0.05, 0.1) is 33.4 Å². The Hall–Kier alpha value is -2.85. The van der Waals surface area contributed by atoms with E-state index in [0.717, 1.165) is 11.3 Å². The molecule has 5 N–H and O–H groups in total. The zero-order valence-corrected chi connectivity index (χ0v) is 16.0. The Bertz CT molecular complexity index is 793. The third kappa shape index (κ3) is 4.52. The molecule has 1 amide bonds. The molecule has 0 saturated carbocycles. The summed E-state index contributed by atoms with van der Waals surface area (Å²) in [5, 5.41) is 2.95. The lowest BCUT2D eigenvalue weighted by Gasteiger charge is -2.23. The SMILES string of the molecule is COc1ccc(NC(=O)C(Cc2cccc(OC)c2OC)C2NNNN2)cc1. The van der Waals surface area contributed by atoms with E-state index in [9.17, 15) is 4.79 Å². The summed E-state index contributed by atoms with van der Waals surface area (Å²) in [7, 11) is 4.77. The molecule has 150 valence electrons. The maximum Gasteiger partial charge on any atom is 0.230 e. The van der Waals surface area contributed by atoms with Crippen LogP contribution in [0.5, 0.6) is 17.2 Å². The van der Waals surface area contributed by atoms with E-state index in [2.05, 4.69) is 27.2 Å².